The van der Waals surface area contributed by atoms with E-state index in [0.29, 0.717) is 19.1 Å². The van der Waals surface area contributed by atoms with Crippen molar-refractivity contribution in [3.63, 3.8) is 0 Å². The lowest BCUT2D eigenvalue weighted by Gasteiger charge is -2.24. The molecular formula is C16H20BrClO3. The van der Waals surface area contributed by atoms with Gasteiger partial charge < -0.3 is 14.2 Å². The molecule has 3 atom stereocenters. The number of hydrogen-bond donors (Lipinski definition) is 0. The standard InChI is InChI=1S/C16H20BrClO3/c1-2-13-10(4-7-21-13)16(18)11-8-14-15(9-12(11)17)20-6-3-5-19-14/h8-10,13,16H,2-7H2,1H3. The van der Waals surface area contributed by atoms with Gasteiger partial charge in [0.25, 0.3) is 0 Å². The lowest BCUT2D eigenvalue weighted by molar-refractivity contribution is 0.0864. The number of fused-ring (bicyclic) bond motifs is 1. The van der Waals surface area contributed by atoms with Crippen LogP contribution in [0.15, 0.2) is 16.6 Å². The summed E-state index contributed by atoms with van der Waals surface area (Å²) in [6, 6.07) is 4.00. The number of ether oxygens (including phenoxy) is 3. The maximum Gasteiger partial charge on any atom is 0.162 e. The van der Waals surface area contributed by atoms with Crippen LogP contribution in [-0.2, 0) is 4.74 Å². The molecule has 0 spiro atoms. The Morgan fingerprint density at radius 2 is 1.95 bits per heavy atom. The Bertz CT molecular complexity index is 509. The topological polar surface area (TPSA) is 27.7 Å². The Kier molecular flexibility index (Phi) is 4.97. The molecule has 3 rings (SSSR count). The van der Waals surface area contributed by atoms with E-state index in [-0.39, 0.29) is 11.5 Å². The van der Waals surface area contributed by atoms with Crippen LogP contribution < -0.4 is 9.47 Å². The van der Waals surface area contributed by atoms with Gasteiger partial charge in [0.15, 0.2) is 11.5 Å². The van der Waals surface area contributed by atoms with E-state index in [1.807, 2.05) is 12.1 Å². The average molecular weight is 376 g/mol. The van der Waals surface area contributed by atoms with Crippen molar-refractivity contribution < 1.29 is 14.2 Å². The number of rotatable bonds is 3. The summed E-state index contributed by atoms with van der Waals surface area (Å²) in [6.07, 6.45) is 3.15. The molecule has 5 heteroatoms. The van der Waals surface area contributed by atoms with Gasteiger partial charge in [-0.25, -0.2) is 0 Å². The molecule has 0 N–H and O–H groups in total. The molecule has 1 aromatic rings. The van der Waals surface area contributed by atoms with E-state index in [1.54, 1.807) is 0 Å². The minimum absolute atomic E-state index is 0.0796. The lowest BCUT2D eigenvalue weighted by Crippen LogP contribution is -2.19. The zero-order valence-corrected chi connectivity index (χ0v) is 14.5. The zero-order valence-electron chi connectivity index (χ0n) is 12.1. The van der Waals surface area contributed by atoms with Crippen LogP contribution in [0.3, 0.4) is 0 Å². The van der Waals surface area contributed by atoms with Gasteiger partial charge in [0.05, 0.1) is 24.7 Å². The molecule has 0 saturated carbocycles. The minimum atomic E-state index is -0.0796. The molecule has 1 fully saturated rings. The van der Waals surface area contributed by atoms with Crippen LogP contribution in [-0.4, -0.2) is 25.9 Å². The van der Waals surface area contributed by atoms with Crippen molar-refractivity contribution in [2.75, 3.05) is 19.8 Å². The second-order valence-corrected chi connectivity index (χ2v) is 6.87. The molecule has 0 radical (unpaired) electrons. The summed E-state index contributed by atoms with van der Waals surface area (Å²) >= 11 is 10.4. The fraction of sp³-hybridized carbons (Fsp3) is 0.625. The molecule has 1 aromatic carbocycles. The molecule has 0 amide bonds. The Morgan fingerprint density at radius 3 is 2.67 bits per heavy atom. The predicted molar refractivity (Wildman–Crippen MR) is 86.5 cm³/mol. The molecular weight excluding hydrogens is 356 g/mol. The summed E-state index contributed by atoms with van der Waals surface area (Å²) in [5, 5.41) is -0.0796. The monoisotopic (exact) mass is 374 g/mol. The van der Waals surface area contributed by atoms with E-state index in [1.165, 1.54) is 0 Å². The molecule has 2 heterocycles. The molecule has 0 bridgehead atoms. The maximum absolute atomic E-state index is 6.77. The highest BCUT2D eigenvalue weighted by molar-refractivity contribution is 9.10. The van der Waals surface area contributed by atoms with E-state index in [0.717, 1.165) is 47.4 Å². The molecule has 3 nitrogen and oxygen atoms in total. The van der Waals surface area contributed by atoms with Gasteiger partial charge in [0.1, 0.15) is 0 Å². The Labute approximate surface area is 139 Å². The fourth-order valence-electron chi connectivity index (χ4n) is 3.06. The van der Waals surface area contributed by atoms with Gasteiger partial charge in [0.2, 0.25) is 0 Å². The van der Waals surface area contributed by atoms with Crippen LogP contribution in [0.2, 0.25) is 0 Å². The third kappa shape index (κ3) is 3.17. The third-order valence-electron chi connectivity index (χ3n) is 4.20. The number of benzene rings is 1. The SMILES string of the molecule is CCC1OCCC1C(Cl)c1cc2c(cc1Br)OCCCO2. The quantitative estimate of drug-likeness (QED) is 0.716. The summed E-state index contributed by atoms with van der Waals surface area (Å²) < 4.78 is 18.2. The van der Waals surface area contributed by atoms with E-state index < -0.39 is 0 Å². The first-order valence-corrected chi connectivity index (χ1v) is 8.78. The Hall–Kier alpha value is -0.450. The smallest absolute Gasteiger partial charge is 0.162 e. The predicted octanol–water partition coefficient (Wildman–Crippen LogP) is 4.71. The second kappa shape index (κ2) is 6.76. The average Bonchev–Trinajstić information content (AvgIpc) is 2.85. The minimum Gasteiger partial charge on any atom is -0.490 e. The highest BCUT2D eigenvalue weighted by atomic mass is 79.9. The number of hydrogen-bond acceptors (Lipinski definition) is 3. The first-order chi connectivity index (χ1) is 10.2. The van der Waals surface area contributed by atoms with Crippen LogP contribution in [0.5, 0.6) is 11.5 Å². The van der Waals surface area contributed by atoms with Gasteiger partial charge in [-0.2, -0.15) is 0 Å². The molecule has 2 aliphatic heterocycles. The van der Waals surface area contributed by atoms with Crippen LogP contribution in [0, 0.1) is 5.92 Å². The summed E-state index contributed by atoms with van der Waals surface area (Å²) in [7, 11) is 0. The summed E-state index contributed by atoms with van der Waals surface area (Å²) in [4.78, 5) is 0. The van der Waals surface area contributed by atoms with Crippen molar-refractivity contribution in [1.29, 1.82) is 0 Å². The molecule has 0 aliphatic carbocycles. The summed E-state index contributed by atoms with van der Waals surface area (Å²) in [6.45, 7) is 4.33. The highest BCUT2D eigenvalue weighted by Crippen LogP contribution is 2.45. The second-order valence-electron chi connectivity index (χ2n) is 5.54. The first-order valence-electron chi connectivity index (χ1n) is 7.55. The number of halogens is 2. The van der Waals surface area contributed by atoms with Crippen LogP contribution in [0.4, 0.5) is 0 Å². The molecule has 1 saturated heterocycles. The van der Waals surface area contributed by atoms with Gasteiger partial charge in [-0.1, -0.05) is 22.9 Å². The van der Waals surface area contributed by atoms with Crippen LogP contribution in [0.25, 0.3) is 0 Å². The van der Waals surface area contributed by atoms with E-state index in [9.17, 15) is 0 Å². The van der Waals surface area contributed by atoms with Crippen molar-refractivity contribution in [3.8, 4) is 11.5 Å². The third-order valence-corrected chi connectivity index (χ3v) is 5.45. The van der Waals surface area contributed by atoms with E-state index in [2.05, 4.69) is 22.9 Å². The van der Waals surface area contributed by atoms with Gasteiger partial charge in [-0.3, -0.25) is 0 Å². The highest BCUT2D eigenvalue weighted by Gasteiger charge is 2.34. The molecule has 3 unspecified atom stereocenters. The Balaban J connectivity index is 1.89. The van der Waals surface area contributed by atoms with Gasteiger partial charge in [-0.15, -0.1) is 11.6 Å². The summed E-state index contributed by atoms with van der Waals surface area (Å²) in [5.41, 5.74) is 1.06. The van der Waals surface area contributed by atoms with Crippen molar-refractivity contribution in [2.24, 2.45) is 5.92 Å². The van der Waals surface area contributed by atoms with E-state index in [4.69, 9.17) is 25.8 Å². The van der Waals surface area contributed by atoms with Crippen molar-refractivity contribution in [2.45, 2.75) is 37.7 Å². The van der Waals surface area contributed by atoms with E-state index >= 15 is 0 Å². The Morgan fingerprint density at radius 1 is 1.24 bits per heavy atom. The molecule has 2 aliphatic rings. The van der Waals surface area contributed by atoms with Gasteiger partial charge in [-0.05, 0) is 30.5 Å². The molecule has 116 valence electrons. The van der Waals surface area contributed by atoms with Gasteiger partial charge in [0, 0.05) is 23.4 Å². The molecule has 21 heavy (non-hydrogen) atoms. The molecule has 0 aromatic heterocycles. The van der Waals surface area contributed by atoms with Crippen LogP contribution >= 0.6 is 27.5 Å². The largest absolute Gasteiger partial charge is 0.490 e. The van der Waals surface area contributed by atoms with Crippen molar-refractivity contribution in [1.82, 2.24) is 0 Å². The van der Waals surface area contributed by atoms with Crippen molar-refractivity contribution in [3.05, 3.63) is 22.2 Å². The zero-order chi connectivity index (χ0) is 14.8. The fourth-order valence-corrected chi connectivity index (χ4v) is 4.23. The first kappa shape index (κ1) is 15.4. The normalized spacial score (nSPS) is 26.4. The number of alkyl halides is 1. The van der Waals surface area contributed by atoms with Crippen molar-refractivity contribution >= 4 is 27.5 Å². The van der Waals surface area contributed by atoms with Gasteiger partial charge >= 0.3 is 0 Å². The maximum atomic E-state index is 6.77. The summed E-state index contributed by atoms with van der Waals surface area (Å²) in [5.74, 6) is 1.93. The lowest BCUT2D eigenvalue weighted by atomic mass is 9.91. The van der Waals surface area contributed by atoms with Crippen LogP contribution in [0.1, 0.15) is 37.1 Å².